The second-order valence-electron chi connectivity index (χ2n) is 5.42. The smallest absolute Gasteiger partial charge is 0.268 e. The number of carbonyl (C=O) groups is 1. The number of hydrogen-bond donors (Lipinski definition) is 2. The number of aromatic nitrogens is 1. The first-order valence-corrected chi connectivity index (χ1v) is 8.51. The first-order chi connectivity index (χ1) is 19.8. The van der Waals surface area contributed by atoms with Crippen molar-refractivity contribution in [2.45, 2.75) is 45.8 Å². The fourth-order valence-corrected chi connectivity index (χ4v) is 3.22. The van der Waals surface area contributed by atoms with Gasteiger partial charge in [0.2, 0.25) is 0 Å². The summed E-state index contributed by atoms with van der Waals surface area (Å²) >= 11 is 0.731. The number of rotatable bonds is 6. The number of nitrogens with one attached hydrogen (secondary N) is 1. The van der Waals surface area contributed by atoms with Crippen LogP contribution >= 0.6 is 11.3 Å². The molecule has 0 radical (unpaired) electrons. The lowest BCUT2D eigenvalue weighted by atomic mass is 9.99. The molecule has 7 heteroatoms. The first kappa shape index (κ1) is 7.19. The van der Waals surface area contributed by atoms with E-state index in [1.807, 2.05) is 0 Å². The Morgan fingerprint density at radius 3 is 3.11 bits per heavy atom. The van der Waals surface area contributed by atoms with Gasteiger partial charge in [0.05, 0.1) is 6.76 Å². The molecule has 0 bridgehead atoms. The number of thiophene rings is 1. The van der Waals surface area contributed by atoms with Gasteiger partial charge in [-0.1, -0.05) is 6.92 Å². The number of nitrogens with zero attached hydrogens (tertiary/aromatic N) is 2. The fraction of sp³-hybridized carbons (Fsp3) is 0.600. The summed E-state index contributed by atoms with van der Waals surface area (Å²) in [5, 5.41) is 11.2. The van der Waals surface area contributed by atoms with Gasteiger partial charge in [0, 0.05) is 34.5 Å². The van der Waals surface area contributed by atoms with Crippen LogP contribution in [0.25, 0.3) is 10.2 Å². The van der Waals surface area contributed by atoms with Crippen molar-refractivity contribution >= 4 is 27.5 Å². The quantitative estimate of drug-likeness (QED) is 0.768. The van der Waals surface area contributed by atoms with E-state index < -0.39 is 96.9 Å². The molecular weight excluding hydrogens is 362 g/mol. The molecule has 1 amide bonds. The third-order valence-corrected chi connectivity index (χ3v) is 4.39. The SMILES string of the molecule is [2H]C(N([2H])C(=O)c1c(O)c2ccsc2n(C([2H])(C)C([2H])([2H])[2H])c1=O)C([2H])([2H])C([2H])N1C([2H])([2H])C([2H])([2H])C([2H])(C)C([2H])([2H])C1([2H])[2H]. The Bertz CT molecular complexity index is 1540. The average molecular weight is 410 g/mol. The van der Waals surface area contributed by atoms with Gasteiger partial charge in [-0.05, 0) is 69.7 Å². The number of piperidine rings is 1. The van der Waals surface area contributed by atoms with E-state index >= 15 is 0 Å². The molecule has 0 saturated carbocycles. The van der Waals surface area contributed by atoms with Gasteiger partial charge in [0.25, 0.3) is 11.5 Å². The van der Waals surface area contributed by atoms with Crippen LogP contribution in [0.15, 0.2) is 16.2 Å². The van der Waals surface area contributed by atoms with Crippen LogP contribution < -0.4 is 10.9 Å². The zero-order valence-corrected chi connectivity index (χ0v) is 15.1. The Kier molecular flexibility index (Phi) is 2.25. The summed E-state index contributed by atoms with van der Waals surface area (Å²) in [5.74, 6) is -6.18. The van der Waals surface area contributed by atoms with Gasteiger partial charge in [0.15, 0.2) is 1.41 Å². The molecule has 6 nitrogen and oxygen atoms in total. The predicted molar refractivity (Wildman–Crippen MR) is 110 cm³/mol. The zero-order chi connectivity index (χ0) is 35.5. The second-order valence-corrected chi connectivity index (χ2v) is 6.31. The van der Waals surface area contributed by atoms with Crippen molar-refractivity contribution < 1.29 is 34.6 Å². The molecule has 3 rings (SSSR count). The van der Waals surface area contributed by atoms with Crippen molar-refractivity contribution in [2.75, 3.05) is 26.0 Å². The van der Waals surface area contributed by atoms with E-state index in [4.69, 9.17) is 24.7 Å². The summed E-state index contributed by atoms with van der Waals surface area (Å²) in [7, 11) is 0. The monoisotopic (exact) mass is 409 g/mol. The molecule has 0 spiro atoms. The molecule has 3 heterocycles. The lowest BCUT2D eigenvalue weighted by Crippen LogP contribution is -2.37. The van der Waals surface area contributed by atoms with Crippen LogP contribution in [0.3, 0.4) is 0 Å². The highest BCUT2D eigenvalue weighted by Crippen LogP contribution is 2.31. The van der Waals surface area contributed by atoms with Gasteiger partial charge in [-0.15, -0.1) is 11.3 Å². The zero-order valence-electron chi connectivity index (χ0n) is 32.3. The molecule has 1 aliphatic heterocycles. The number of fused-ring (bicyclic) bond motifs is 1. The Hall–Kier alpha value is -1.86. The van der Waals surface area contributed by atoms with Crippen LogP contribution in [0.2, 0.25) is 1.41 Å². The molecule has 3 unspecified atom stereocenters. The van der Waals surface area contributed by atoms with Crippen LogP contribution in [0.4, 0.5) is 0 Å². The molecule has 1 fully saturated rings. The van der Waals surface area contributed by atoms with Gasteiger partial charge in [-0.25, -0.2) is 0 Å². The van der Waals surface area contributed by atoms with E-state index in [2.05, 4.69) is 0 Å². The van der Waals surface area contributed by atoms with E-state index in [-0.39, 0.29) is 10.2 Å². The molecule has 0 aliphatic carbocycles. The van der Waals surface area contributed by atoms with Crippen molar-refractivity contribution in [1.82, 2.24) is 14.8 Å². The third kappa shape index (κ3) is 4.19. The molecule has 148 valence electrons. The predicted octanol–water partition coefficient (Wildman–Crippen LogP) is 3.20. The Morgan fingerprint density at radius 1 is 1.67 bits per heavy atom. The van der Waals surface area contributed by atoms with Gasteiger partial charge in [-0.3, -0.25) is 14.2 Å². The van der Waals surface area contributed by atoms with Crippen molar-refractivity contribution in [3.63, 3.8) is 0 Å². The molecule has 2 N–H and O–H groups in total. The van der Waals surface area contributed by atoms with E-state index in [1.165, 1.54) is 5.38 Å². The van der Waals surface area contributed by atoms with E-state index in [9.17, 15) is 14.7 Å². The molecule has 2 aromatic rings. The number of hydrogen-bond acceptors (Lipinski definition) is 5. The number of amides is 1. The summed E-state index contributed by atoms with van der Waals surface area (Å²) in [6.07, 6.45) is -11.0. The minimum absolute atomic E-state index is 0.248. The van der Waals surface area contributed by atoms with E-state index in [0.717, 1.165) is 24.3 Å². The van der Waals surface area contributed by atoms with Crippen molar-refractivity contribution in [3.05, 3.63) is 27.4 Å². The van der Waals surface area contributed by atoms with E-state index in [0.29, 0.717) is 11.5 Å². The number of carbonyl (C=O) groups excluding carboxylic acids is 1. The molecule has 0 aromatic carbocycles. The Labute approximate surface area is 189 Å². The fourth-order valence-electron chi connectivity index (χ4n) is 2.27. The Morgan fingerprint density at radius 2 is 2.41 bits per heavy atom. The third-order valence-electron chi connectivity index (χ3n) is 3.49. The lowest BCUT2D eigenvalue weighted by Gasteiger charge is -2.30. The highest BCUT2D eigenvalue weighted by molar-refractivity contribution is 7.16. The highest BCUT2D eigenvalue weighted by atomic mass is 32.1. The van der Waals surface area contributed by atoms with Crippen LogP contribution in [0, 0.1) is 5.89 Å². The maximum absolute atomic E-state index is 13.5. The second kappa shape index (κ2) is 8.44. The molecule has 2 aromatic heterocycles. The molecule has 1 aliphatic rings. The Balaban J connectivity index is 2.17. The van der Waals surface area contributed by atoms with Gasteiger partial charge < -0.3 is 15.3 Å². The van der Waals surface area contributed by atoms with Crippen molar-refractivity contribution in [1.29, 1.82) is 0 Å². The van der Waals surface area contributed by atoms with Gasteiger partial charge in [-0.2, -0.15) is 0 Å². The standard InChI is InChI=1S/C20H29N3O3S/c1-13(2)23-19(26)16(17(24)15-7-12-27-20(15)23)18(25)21-8-4-9-22-10-5-14(3)6-11-22/h7,12-14,24H,4-6,8-11H2,1-3H3,(H,21,25)/i1D3,4D2,5D2,6D2,8D,9D,10D2,11D2,13D,14D/hD. The summed E-state index contributed by atoms with van der Waals surface area (Å²) in [6, 6.07) is -1.59. The van der Waals surface area contributed by atoms with Crippen LogP contribution in [0.5, 0.6) is 5.75 Å². The maximum Gasteiger partial charge on any atom is 0.268 e. The minimum Gasteiger partial charge on any atom is -0.506 e. The molecular formula is C20H29N3O3S. The summed E-state index contributed by atoms with van der Waals surface area (Å²) in [4.78, 5) is 26.2. The summed E-state index contributed by atoms with van der Waals surface area (Å²) in [6.45, 7) is -15.4. The largest absolute Gasteiger partial charge is 0.506 e. The highest BCUT2D eigenvalue weighted by Gasteiger charge is 2.23. The minimum atomic E-state index is -3.79. The molecule has 3 atom stereocenters. The number of pyridine rings is 1. The summed E-state index contributed by atoms with van der Waals surface area (Å²) < 4.78 is 148. The normalized spacial score (nSPS) is 40.2. The topological polar surface area (TPSA) is 74.6 Å². The summed E-state index contributed by atoms with van der Waals surface area (Å²) in [5.41, 5.74) is -2.96. The van der Waals surface area contributed by atoms with E-state index in [1.54, 1.807) is 0 Å². The van der Waals surface area contributed by atoms with Crippen LogP contribution in [0.1, 0.15) is 79.5 Å². The lowest BCUT2D eigenvalue weighted by molar-refractivity contribution is 0.0946. The molecule has 27 heavy (non-hydrogen) atoms. The number of aromatic hydroxyl groups is 1. The number of likely N-dealkylation sites (tertiary alicyclic amines) is 1. The van der Waals surface area contributed by atoms with Gasteiger partial charge in [0.1, 0.15) is 16.1 Å². The van der Waals surface area contributed by atoms with Crippen molar-refractivity contribution in [3.8, 4) is 5.75 Å². The van der Waals surface area contributed by atoms with Crippen LogP contribution in [-0.4, -0.2) is 46.5 Å². The average Bonchev–Trinajstić information content (AvgIpc) is 3.35. The maximum atomic E-state index is 13.5. The molecule has 1 saturated heterocycles. The van der Waals surface area contributed by atoms with Crippen molar-refractivity contribution in [2.24, 2.45) is 5.89 Å². The first-order valence-electron chi connectivity index (χ1n) is 16.7. The van der Waals surface area contributed by atoms with Gasteiger partial charge >= 0.3 is 0 Å². The van der Waals surface area contributed by atoms with Crippen LogP contribution in [-0.2, 0) is 0 Å².